The lowest BCUT2D eigenvalue weighted by Crippen LogP contribution is -2.32. The van der Waals surface area contributed by atoms with Crippen LogP contribution in [0.2, 0.25) is 0 Å². The number of primary amides is 1. The second-order valence-electron chi connectivity index (χ2n) is 9.09. The van der Waals surface area contributed by atoms with Crippen molar-refractivity contribution in [2.24, 2.45) is 5.73 Å². The number of aromatic nitrogens is 2. The van der Waals surface area contributed by atoms with Crippen molar-refractivity contribution in [2.45, 2.75) is 38.4 Å². The lowest BCUT2D eigenvalue weighted by molar-refractivity contribution is -0.154. The summed E-state index contributed by atoms with van der Waals surface area (Å²) >= 11 is 0. The molecule has 0 atom stereocenters. The molecule has 0 aliphatic carbocycles. The molecule has 3 heterocycles. The topological polar surface area (TPSA) is 119 Å². The minimum absolute atomic E-state index is 0.0695. The Bertz CT molecular complexity index is 1320. The average Bonchev–Trinajstić information content (AvgIpc) is 2.80. The third-order valence-corrected chi connectivity index (χ3v) is 5.72. The Balaban J connectivity index is 1.58. The predicted molar refractivity (Wildman–Crippen MR) is 128 cm³/mol. The fourth-order valence-corrected chi connectivity index (χ4v) is 4.02. The van der Waals surface area contributed by atoms with E-state index >= 15 is 0 Å². The number of amides is 2. The first-order valence-electron chi connectivity index (χ1n) is 11.1. The minimum atomic E-state index is -4.48. The van der Waals surface area contributed by atoms with E-state index in [-0.39, 0.29) is 35.1 Å². The molecular formula is C25H24F3N5O3. The summed E-state index contributed by atoms with van der Waals surface area (Å²) in [6, 6.07) is 11.8. The van der Waals surface area contributed by atoms with E-state index < -0.39 is 18.7 Å². The number of carbonyl (C=O) groups excluding carboxylic acids is 2. The number of carbonyl (C=O) groups is 2. The Labute approximate surface area is 205 Å². The van der Waals surface area contributed by atoms with Gasteiger partial charge in [-0.2, -0.15) is 13.2 Å². The van der Waals surface area contributed by atoms with Crippen LogP contribution in [-0.4, -0.2) is 34.6 Å². The van der Waals surface area contributed by atoms with Gasteiger partial charge in [0.05, 0.1) is 11.3 Å². The third-order valence-electron chi connectivity index (χ3n) is 5.72. The van der Waals surface area contributed by atoms with Gasteiger partial charge in [0.2, 0.25) is 11.8 Å². The molecule has 0 spiro atoms. The van der Waals surface area contributed by atoms with Crippen molar-refractivity contribution in [1.82, 2.24) is 9.97 Å². The molecule has 8 nitrogen and oxygen atoms in total. The predicted octanol–water partition coefficient (Wildman–Crippen LogP) is 4.42. The van der Waals surface area contributed by atoms with Gasteiger partial charge in [-0.15, -0.1) is 0 Å². The Morgan fingerprint density at radius 3 is 2.69 bits per heavy atom. The quantitative estimate of drug-likeness (QED) is 0.443. The molecule has 11 heteroatoms. The van der Waals surface area contributed by atoms with Crippen molar-refractivity contribution in [1.29, 1.82) is 0 Å². The summed E-state index contributed by atoms with van der Waals surface area (Å²) in [5.74, 6) is -0.737. The highest BCUT2D eigenvalue weighted by Gasteiger charge is 2.32. The summed E-state index contributed by atoms with van der Waals surface area (Å²) in [4.78, 5) is 32.4. The monoisotopic (exact) mass is 499 g/mol. The molecule has 2 aromatic heterocycles. The van der Waals surface area contributed by atoms with Gasteiger partial charge in [-0.25, -0.2) is 9.97 Å². The number of ether oxygens (including phenoxy) is 1. The number of pyridine rings is 2. The molecule has 0 saturated carbocycles. The van der Waals surface area contributed by atoms with Crippen LogP contribution in [0, 0.1) is 0 Å². The van der Waals surface area contributed by atoms with Crippen LogP contribution in [-0.2, 0) is 16.8 Å². The number of hydrogen-bond acceptors (Lipinski definition) is 6. The van der Waals surface area contributed by atoms with Crippen LogP contribution < -0.4 is 21.1 Å². The van der Waals surface area contributed by atoms with E-state index in [2.05, 4.69) is 25.3 Å². The van der Waals surface area contributed by atoms with Gasteiger partial charge in [0.15, 0.2) is 6.61 Å². The van der Waals surface area contributed by atoms with Crippen LogP contribution in [0.3, 0.4) is 0 Å². The fraction of sp³-hybridized carbons (Fsp3) is 0.280. The highest BCUT2D eigenvalue weighted by molar-refractivity contribution is 5.98. The summed E-state index contributed by atoms with van der Waals surface area (Å²) < 4.78 is 42.0. The number of nitrogens with one attached hydrogen (secondary N) is 2. The Hall–Kier alpha value is -4.15. The van der Waals surface area contributed by atoms with E-state index in [9.17, 15) is 22.8 Å². The second kappa shape index (κ2) is 9.48. The molecule has 188 valence electrons. The van der Waals surface area contributed by atoms with Crippen molar-refractivity contribution in [3.63, 3.8) is 0 Å². The third kappa shape index (κ3) is 5.73. The molecule has 3 aromatic rings. The summed E-state index contributed by atoms with van der Waals surface area (Å²) in [5.41, 5.74) is 8.88. The number of halogens is 3. The van der Waals surface area contributed by atoms with Gasteiger partial charge in [-0.1, -0.05) is 26.0 Å². The van der Waals surface area contributed by atoms with Crippen molar-refractivity contribution in [3.8, 4) is 17.1 Å². The van der Waals surface area contributed by atoms with Crippen LogP contribution in [0.5, 0.6) is 5.88 Å². The maximum atomic E-state index is 12.4. The second-order valence-corrected chi connectivity index (χ2v) is 9.09. The van der Waals surface area contributed by atoms with E-state index in [1.165, 1.54) is 12.3 Å². The van der Waals surface area contributed by atoms with Gasteiger partial charge in [0.1, 0.15) is 5.82 Å². The Kier molecular flexibility index (Phi) is 6.57. The first-order chi connectivity index (χ1) is 16.9. The number of hydrogen-bond donors (Lipinski definition) is 3. The molecule has 1 aromatic carbocycles. The fourth-order valence-electron chi connectivity index (χ4n) is 4.02. The van der Waals surface area contributed by atoms with Crippen LogP contribution in [0.4, 0.5) is 24.7 Å². The Morgan fingerprint density at radius 2 is 1.97 bits per heavy atom. The molecule has 2 amide bonds. The highest BCUT2D eigenvalue weighted by Crippen LogP contribution is 2.39. The summed E-state index contributed by atoms with van der Waals surface area (Å²) in [5, 5.41) is 5.91. The van der Waals surface area contributed by atoms with Crippen molar-refractivity contribution in [3.05, 3.63) is 65.4 Å². The van der Waals surface area contributed by atoms with Gasteiger partial charge in [-0.05, 0) is 35.4 Å². The van der Waals surface area contributed by atoms with E-state index in [1.54, 1.807) is 18.2 Å². The lowest BCUT2D eigenvalue weighted by Gasteiger charge is -2.32. The van der Waals surface area contributed by atoms with Crippen molar-refractivity contribution >= 4 is 23.3 Å². The molecule has 1 aliphatic rings. The molecule has 0 saturated heterocycles. The van der Waals surface area contributed by atoms with Gasteiger partial charge < -0.3 is 21.1 Å². The number of anilines is 2. The molecule has 4 N–H and O–H groups in total. The first-order valence-corrected chi connectivity index (χ1v) is 11.1. The summed E-state index contributed by atoms with van der Waals surface area (Å²) in [6.07, 6.45) is -2.77. The lowest BCUT2D eigenvalue weighted by atomic mass is 9.77. The maximum Gasteiger partial charge on any atom is 0.422 e. The zero-order valence-corrected chi connectivity index (χ0v) is 19.6. The Morgan fingerprint density at radius 1 is 1.19 bits per heavy atom. The summed E-state index contributed by atoms with van der Waals surface area (Å²) in [6.45, 7) is 2.68. The number of rotatable bonds is 7. The molecule has 1 aliphatic heterocycles. The average molecular weight is 499 g/mol. The van der Waals surface area contributed by atoms with E-state index in [0.29, 0.717) is 23.4 Å². The van der Waals surface area contributed by atoms with Gasteiger partial charge in [-0.3, -0.25) is 9.59 Å². The van der Waals surface area contributed by atoms with Crippen LogP contribution >= 0.6 is 0 Å². The van der Waals surface area contributed by atoms with Crippen molar-refractivity contribution in [2.75, 3.05) is 17.2 Å². The normalized spacial score (nSPS) is 14.5. The van der Waals surface area contributed by atoms with Gasteiger partial charge in [0.25, 0.3) is 5.91 Å². The molecule has 0 unspecified atom stereocenters. The minimum Gasteiger partial charge on any atom is -0.468 e. The number of benzene rings is 1. The number of alkyl halides is 3. The smallest absolute Gasteiger partial charge is 0.422 e. The SMILES string of the molecule is CC1(C)CC(=O)Nc2cc(-c3ccc(C(N)=O)c(NCc4ccnc(OCC(F)(F)F)c4)n3)ccc21. The van der Waals surface area contributed by atoms with Crippen LogP contribution in [0.25, 0.3) is 11.3 Å². The molecular weight excluding hydrogens is 475 g/mol. The largest absolute Gasteiger partial charge is 0.468 e. The van der Waals surface area contributed by atoms with E-state index in [0.717, 1.165) is 11.1 Å². The highest BCUT2D eigenvalue weighted by atomic mass is 19.4. The van der Waals surface area contributed by atoms with Crippen LogP contribution in [0.15, 0.2) is 48.7 Å². The molecule has 36 heavy (non-hydrogen) atoms. The standard InChI is InChI=1S/C25H24F3N5O3/c1-24(2)11-20(34)32-19-10-15(3-5-17(19)24)18-6-4-16(22(29)35)23(33-18)31-12-14-7-8-30-21(9-14)36-13-25(26,27)28/h3-10H,11-13H2,1-2H3,(H2,29,35)(H,31,33)(H,32,34). The maximum absolute atomic E-state index is 12.4. The number of nitrogens with two attached hydrogens (primary N) is 1. The van der Waals surface area contributed by atoms with Gasteiger partial charge in [0, 0.05) is 41.9 Å². The number of fused-ring (bicyclic) bond motifs is 1. The van der Waals surface area contributed by atoms with Crippen LogP contribution in [0.1, 0.15) is 41.8 Å². The molecule has 0 bridgehead atoms. The van der Waals surface area contributed by atoms with E-state index in [4.69, 9.17) is 5.73 Å². The van der Waals surface area contributed by atoms with Gasteiger partial charge >= 0.3 is 6.18 Å². The molecule has 0 radical (unpaired) electrons. The zero-order valence-electron chi connectivity index (χ0n) is 19.6. The summed E-state index contributed by atoms with van der Waals surface area (Å²) in [7, 11) is 0. The van der Waals surface area contributed by atoms with E-state index in [1.807, 2.05) is 32.0 Å². The first kappa shape index (κ1) is 25.0. The molecule has 0 fully saturated rings. The molecule has 4 rings (SSSR count). The number of nitrogens with zero attached hydrogens (tertiary/aromatic N) is 2. The van der Waals surface area contributed by atoms with Crippen molar-refractivity contribution < 1.29 is 27.5 Å². The zero-order chi connectivity index (χ0) is 26.1.